The molecule has 346 valence electrons. The van der Waals surface area contributed by atoms with E-state index in [4.69, 9.17) is 0 Å². The molecule has 0 spiro atoms. The van der Waals surface area contributed by atoms with E-state index < -0.39 is 39.5 Å². The third-order valence-corrected chi connectivity index (χ3v) is 32.4. The Labute approximate surface area is 405 Å². The molecule has 4 heteroatoms. The molecule has 2 aromatic carbocycles. The predicted octanol–water partition coefficient (Wildman–Crippen LogP) is 18.4. The second-order valence-corrected chi connectivity index (χ2v) is 37.5. The summed E-state index contributed by atoms with van der Waals surface area (Å²) in [5.41, 5.74) is 6.24. The van der Waals surface area contributed by atoms with Crippen molar-refractivity contribution in [2.45, 2.75) is 280 Å². The van der Waals surface area contributed by atoms with Gasteiger partial charge in [-0.25, -0.2) is 0 Å². The van der Waals surface area contributed by atoms with Crippen molar-refractivity contribution in [3.63, 3.8) is 0 Å². The van der Waals surface area contributed by atoms with Crippen molar-refractivity contribution in [1.29, 1.82) is 0 Å². The summed E-state index contributed by atoms with van der Waals surface area (Å²) in [6.45, 7) is 18.6. The second-order valence-electron chi connectivity index (χ2n) is 19.2. The van der Waals surface area contributed by atoms with E-state index in [0.717, 1.165) is 0 Å². The molecule has 0 N–H and O–H groups in total. The molecule has 0 atom stereocenters. The number of hydrogen-bond donors (Lipinski definition) is 0. The normalized spacial score (nSPS) is 12.6. The van der Waals surface area contributed by atoms with E-state index >= 15 is 0 Å². The molecule has 0 unspecified atom stereocenters. The first-order valence-corrected chi connectivity index (χ1v) is 40.3. The van der Waals surface area contributed by atoms with Crippen molar-refractivity contribution >= 4 is 70.4 Å². The van der Waals surface area contributed by atoms with Crippen molar-refractivity contribution in [1.82, 2.24) is 0 Å². The molecular formula is C57H102Si2Sn2. The number of fused-ring (bicyclic) bond motifs is 3. The Kier molecular flexibility index (Phi) is 39.7. The average Bonchev–Trinajstić information content (AvgIpc) is 3.52. The molecule has 0 heterocycles. The van der Waals surface area contributed by atoms with Crippen molar-refractivity contribution in [3.05, 3.63) is 47.5 Å². The van der Waals surface area contributed by atoms with Crippen LogP contribution in [0.3, 0.4) is 0 Å². The minimum atomic E-state index is -0.839. The SMILES string of the molecule is CCCCCCCCCCC1(CCCCCCCCCC)c2cc([Si])ccc2-c2ccc([Si])cc21.CCC[CH2][Sn]([CH2]CCC)[CH2]CCC.CCC[CH2][Sn]([CH2]CCC)[CH2]CCC. The van der Waals surface area contributed by atoms with Crippen molar-refractivity contribution in [2.75, 3.05) is 0 Å². The Morgan fingerprint density at radius 2 is 0.574 bits per heavy atom. The van der Waals surface area contributed by atoms with Gasteiger partial charge in [-0.15, -0.1) is 0 Å². The van der Waals surface area contributed by atoms with Gasteiger partial charge in [0.1, 0.15) is 0 Å². The second kappa shape index (κ2) is 40.7. The average molecular weight is 1080 g/mol. The van der Waals surface area contributed by atoms with Crippen molar-refractivity contribution in [2.24, 2.45) is 0 Å². The van der Waals surface area contributed by atoms with Gasteiger partial charge >= 0.3 is 185 Å². The van der Waals surface area contributed by atoms with Crippen LogP contribution in [0, 0.1) is 0 Å². The van der Waals surface area contributed by atoms with Gasteiger partial charge in [0.25, 0.3) is 0 Å². The summed E-state index contributed by atoms with van der Waals surface area (Å²) in [6.07, 6.45) is 42.4. The molecule has 1 aliphatic rings. The number of benzene rings is 2. The standard InChI is InChI=1S/C33H48Si2.6C4H9.2Sn/c1-3-5-7-9-11-13-15-17-23-33(24-18-16-14-12-10-8-6-4-2)31-25-27(34)19-21-29(31)30-22-20-28(35)26-32(30)33;6*1-3-4-2;;/h19-22,25-26H,3-18,23-24H2,1-2H3;6*1,3-4H2,2H3;;. The molecule has 2 aromatic rings. The monoisotopic (exact) mass is 1080 g/mol. The Morgan fingerprint density at radius 1 is 0.328 bits per heavy atom. The van der Waals surface area contributed by atoms with Crippen LogP contribution in [0.1, 0.15) is 259 Å². The molecule has 0 saturated heterocycles. The maximum absolute atomic E-state index is 3.87. The number of hydrogen-bond acceptors (Lipinski definition) is 0. The molecule has 3 rings (SSSR count). The van der Waals surface area contributed by atoms with Crippen molar-refractivity contribution < 1.29 is 0 Å². The van der Waals surface area contributed by atoms with Gasteiger partial charge in [0.2, 0.25) is 0 Å². The maximum atomic E-state index is 3.87. The first-order valence-electron chi connectivity index (χ1n) is 27.2. The Morgan fingerprint density at radius 3 is 0.836 bits per heavy atom. The van der Waals surface area contributed by atoms with Crippen LogP contribution >= 0.6 is 0 Å². The van der Waals surface area contributed by atoms with Crippen LogP contribution in [0.2, 0.25) is 26.6 Å². The molecule has 1 aliphatic carbocycles. The zero-order valence-corrected chi connectivity index (χ0v) is 50.1. The van der Waals surface area contributed by atoms with Crippen molar-refractivity contribution in [3.8, 4) is 11.1 Å². The fraction of sp³-hybridized carbons (Fsp3) is 0.789. The van der Waals surface area contributed by atoms with E-state index in [1.54, 1.807) is 37.7 Å². The third kappa shape index (κ3) is 26.4. The van der Waals surface area contributed by atoms with Gasteiger partial charge in [-0.3, -0.25) is 0 Å². The van der Waals surface area contributed by atoms with Gasteiger partial charge in [0.15, 0.2) is 0 Å². The summed E-state index contributed by atoms with van der Waals surface area (Å²) in [5, 5.41) is 2.43. The Bertz CT molecular complexity index is 1140. The number of rotatable bonds is 36. The first kappa shape index (κ1) is 59.5. The zero-order valence-electron chi connectivity index (χ0n) is 42.4. The van der Waals surface area contributed by atoms with Crippen LogP contribution < -0.4 is 10.4 Å². The Balaban J connectivity index is 0.000000587. The van der Waals surface area contributed by atoms with E-state index in [1.807, 2.05) is 0 Å². The first-order chi connectivity index (χ1) is 29.8. The molecule has 0 fully saturated rings. The third-order valence-electron chi connectivity index (χ3n) is 13.6. The van der Waals surface area contributed by atoms with Gasteiger partial charge in [-0.1, -0.05) is 163 Å². The van der Waals surface area contributed by atoms with Crippen LogP contribution in [0.5, 0.6) is 0 Å². The molecule has 61 heavy (non-hydrogen) atoms. The summed E-state index contributed by atoms with van der Waals surface area (Å²) in [6, 6.07) is 14.0. The summed E-state index contributed by atoms with van der Waals surface area (Å²) in [4.78, 5) is 0. The fourth-order valence-electron chi connectivity index (χ4n) is 9.59. The van der Waals surface area contributed by atoms with Gasteiger partial charge in [-0.05, 0) is 35.1 Å². The van der Waals surface area contributed by atoms with E-state index in [-0.39, 0.29) is 5.41 Å². The summed E-state index contributed by atoms with van der Waals surface area (Å²) >= 11 is -1.68. The van der Waals surface area contributed by atoms with Crippen LogP contribution in [0.15, 0.2) is 36.4 Å². The Hall–Kier alpha value is 0.471. The number of unbranched alkanes of at least 4 members (excludes halogenated alkanes) is 20. The summed E-state index contributed by atoms with van der Waals surface area (Å²) in [7, 11) is 7.74. The molecule has 0 aromatic heterocycles. The molecule has 8 radical (unpaired) electrons. The predicted molar refractivity (Wildman–Crippen MR) is 288 cm³/mol. The fourth-order valence-corrected chi connectivity index (χ4v) is 28.9. The van der Waals surface area contributed by atoms with Crippen LogP contribution in [0.25, 0.3) is 11.1 Å². The van der Waals surface area contributed by atoms with Crippen LogP contribution in [-0.2, 0) is 5.41 Å². The summed E-state index contributed by atoms with van der Waals surface area (Å²) in [5.74, 6) is 0. The van der Waals surface area contributed by atoms with Gasteiger partial charge < -0.3 is 0 Å². The molecule has 0 bridgehead atoms. The van der Waals surface area contributed by atoms with E-state index in [9.17, 15) is 0 Å². The summed E-state index contributed by atoms with van der Waals surface area (Å²) < 4.78 is 10.1. The minimum absolute atomic E-state index is 0.167. The zero-order chi connectivity index (χ0) is 44.8. The molecular weight excluding hydrogens is 978 g/mol. The van der Waals surface area contributed by atoms with Crippen LogP contribution in [0.4, 0.5) is 0 Å². The van der Waals surface area contributed by atoms with E-state index in [0.29, 0.717) is 0 Å². The molecule has 0 saturated carbocycles. The van der Waals surface area contributed by atoms with Gasteiger partial charge in [0, 0.05) is 5.41 Å². The quantitative estimate of drug-likeness (QED) is 0.0471. The van der Waals surface area contributed by atoms with E-state index in [1.165, 1.54) is 214 Å². The van der Waals surface area contributed by atoms with Gasteiger partial charge in [-0.2, -0.15) is 0 Å². The van der Waals surface area contributed by atoms with E-state index in [2.05, 4.69) is 112 Å². The molecule has 0 amide bonds. The molecule has 0 aliphatic heterocycles. The van der Waals surface area contributed by atoms with Crippen LogP contribution in [-0.4, -0.2) is 60.0 Å². The topological polar surface area (TPSA) is 0 Å². The van der Waals surface area contributed by atoms with Gasteiger partial charge in [0.05, 0.1) is 20.5 Å². The molecule has 0 nitrogen and oxygen atoms in total.